The van der Waals surface area contributed by atoms with Gasteiger partial charge in [-0.25, -0.2) is 15.0 Å². The summed E-state index contributed by atoms with van der Waals surface area (Å²) in [6.07, 6.45) is 11.6. The molecule has 3 aromatic heterocycles. The molecular formula is C65H80N8O10S16. The van der Waals surface area contributed by atoms with Crippen molar-refractivity contribution in [2.75, 3.05) is 24.0 Å². The standard InChI is InChI=1S/C10H13NO2S2.C9H11NO2S2.C9H13NS2.C8H9NO2S2.C8H11NS2.2C7H7NO2S2.C7H9NS2/c1-3-8(2)14-15-10-6-4-5-9(7-10)11(12)13;1-7(2)13-14-9-5-3-4-8(6-9)10(11)12;1-3-8(2)11-12-9-6-4-5-7-10-9;1-2-12-13-8-5-3-4-7(6-8)9(10)11;1-7(2)10-11-8-5-3-4-6-9-8;1-11-12-7-4-2-3-6(5-7)8(9)10;1-11-12-7-5-3-2-4-6(7)8(9)10;1-2-9-10-7-5-3-4-6-8-7/h4-8H,3H2,1-2H3;3-7H,1-2H3;4-8H,3H2,1-2H3;3-6H,2H2,1H3;3-7H,1-2H3;2*2-5H,1H3;3-6H,2H2,1H3. The normalized spacial score (nSPS) is 10.7. The molecule has 536 valence electrons. The number of pyridine rings is 3. The van der Waals surface area contributed by atoms with E-state index in [0.717, 1.165) is 52.6 Å². The van der Waals surface area contributed by atoms with Crippen LogP contribution in [0.4, 0.5) is 28.4 Å². The van der Waals surface area contributed by atoms with Crippen molar-refractivity contribution in [3.63, 3.8) is 0 Å². The number of hydrogen-bond acceptors (Lipinski definition) is 29. The number of nitro benzene ring substituents is 5. The highest BCUT2D eigenvalue weighted by Crippen LogP contribution is 2.40. The Hall–Kier alpha value is -3.85. The van der Waals surface area contributed by atoms with E-state index >= 15 is 0 Å². The van der Waals surface area contributed by atoms with E-state index in [1.807, 2.05) is 142 Å². The number of para-hydroxylation sites is 1. The minimum absolute atomic E-state index is 0.147. The number of aromatic nitrogens is 3. The van der Waals surface area contributed by atoms with Crippen molar-refractivity contribution in [2.24, 2.45) is 0 Å². The van der Waals surface area contributed by atoms with E-state index < -0.39 is 0 Å². The summed E-state index contributed by atoms with van der Waals surface area (Å²) in [7, 11) is 26.6. The van der Waals surface area contributed by atoms with Gasteiger partial charge in [-0.15, -0.1) is 0 Å². The molecule has 8 rings (SSSR count). The highest BCUT2D eigenvalue weighted by atomic mass is 33.1. The Labute approximate surface area is 645 Å². The van der Waals surface area contributed by atoms with Crippen LogP contribution in [0.3, 0.4) is 0 Å². The van der Waals surface area contributed by atoms with Crippen molar-refractivity contribution in [3.05, 3.63) is 245 Å². The minimum atomic E-state index is -0.385. The molecule has 18 nitrogen and oxygen atoms in total. The molecule has 3 heterocycles. The molecule has 2 atom stereocenters. The summed E-state index contributed by atoms with van der Waals surface area (Å²) >= 11 is 0. The first-order valence-corrected chi connectivity index (χ1v) is 48.4. The van der Waals surface area contributed by atoms with Gasteiger partial charge in [0.25, 0.3) is 28.4 Å². The molecule has 0 saturated heterocycles. The predicted molar refractivity (Wildman–Crippen MR) is 448 cm³/mol. The lowest BCUT2D eigenvalue weighted by atomic mass is 10.3. The van der Waals surface area contributed by atoms with Crippen molar-refractivity contribution in [2.45, 2.75) is 143 Å². The summed E-state index contributed by atoms with van der Waals surface area (Å²) in [5, 5.41) is 58.0. The molecule has 0 N–H and O–H groups in total. The van der Waals surface area contributed by atoms with E-state index in [-0.39, 0.29) is 53.1 Å². The molecule has 0 fully saturated rings. The first-order valence-electron chi connectivity index (χ1n) is 29.8. The zero-order chi connectivity index (χ0) is 73.6. The zero-order valence-electron chi connectivity index (χ0n) is 56.3. The van der Waals surface area contributed by atoms with Crippen molar-refractivity contribution >= 4 is 201 Å². The van der Waals surface area contributed by atoms with Gasteiger partial charge in [-0.05, 0) is 124 Å². The van der Waals surface area contributed by atoms with Gasteiger partial charge in [0.15, 0.2) is 0 Å². The predicted octanol–water partition coefficient (Wildman–Crippen LogP) is 26.9. The maximum absolute atomic E-state index is 10.5. The van der Waals surface area contributed by atoms with Gasteiger partial charge in [-0.3, -0.25) is 50.6 Å². The molecule has 0 spiro atoms. The van der Waals surface area contributed by atoms with E-state index in [2.05, 4.69) is 84.2 Å². The Balaban J connectivity index is 0.000000567. The second-order valence-electron chi connectivity index (χ2n) is 19.0. The van der Waals surface area contributed by atoms with Gasteiger partial charge in [0.1, 0.15) is 15.1 Å². The van der Waals surface area contributed by atoms with Crippen molar-refractivity contribution in [3.8, 4) is 0 Å². The van der Waals surface area contributed by atoms with Crippen LogP contribution in [0.25, 0.3) is 0 Å². The molecule has 0 bridgehead atoms. The Bertz CT molecular complexity index is 3510. The van der Waals surface area contributed by atoms with Crippen LogP contribution in [0.15, 0.2) is 234 Å². The third-order valence-corrected chi connectivity index (χ3v) is 30.4. The van der Waals surface area contributed by atoms with Crippen molar-refractivity contribution in [1.82, 2.24) is 15.0 Å². The van der Waals surface area contributed by atoms with Crippen LogP contribution < -0.4 is 0 Å². The highest BCUT2D eigenvalue weighted by Gasteiger charge is 2.13. The zero-order valence-corrected chi connectivity index (χ0v) is 69.4. The Morgan fingerprint density at radius 3 is 1.01 bits per heavy atom. The van der Waals surface area contributed by atoms with Gasteiger partial charge in [0, 0.05) is 125 Å². The molecule has 8 aromatic rings. The lowest BCUT2D eigenvalue weighted by Gasteiger charge is -2.06. The quantitative estimate of drug-likeness (QED) is 0.0240. The summed E-state index contributed by atoms with van der Waals surface area (Å²) in [6.45, 7) is 21.5. The van der Waals surface area contributed by atoms with Gasteiger partial charge in [-0.2, -0.15) is 0 Å². The molecule has 0 saturated carbocycles. The van der Waals surface area contributed by atoms with E-state index in [4.69, 9.17) is 0 Å². The largest absolute Gasteiger partial charge is 0.283 e. The van der Waals surface area contributed by atoms with E-state index in [1.54, 1.807) is 175 Å². The second kappa shape index (κ2) is 59.5. The average molecular weight is 1650 g/mol. The average Bonchev–Trinajstić information content (AvgIpc) is 1.07. The first-order chi connectivity index (χ1) is 47.5. The number of non-ortho nitro benzene ring substituents is 4. The van der Waals surface area contributed by atoms with Crippen LogP contribution >= 0.6 is 173 Å². The fourth-order valence-corrected chi connectivity index (χ4v) is 19.5. The molecular weight excluding hydrogens is 1570 g/mol. The Kier molecular flexibility index (Phi) is 56.0. The summed E-state index contributed by atoms with van der Waals surface area (Å²) in [6, 6.07) is 51.4. The molecule has 34 heteroatoms. The van der Waals surface area contributed by atoms with Crippen molar-refractivity contribution in [1.29, 1.82) is 0 Å². The first kappa shape index (κ1) is 93.2. The third-order valence-electron chi connectivity index (χ3n) is 10.4. The van der Waals surface area contributed by atoms with Gasteiger partial charge in [0.05, 0.1) is 29.5 Å². The maximum Gasteiger partial charge on any atom is 0.283 e. The molecule has 5 aromatic carbocycles. The molecule has 0 aliphatic carbocycles. The van der Waals surface area contributed by atoms with Crippen LogP contribution in [0.1, 0.15) is 82.1 Å². The summed E-state index contributed by atoms with van der Waals surface area (Å²) in [5.41, 5.74) is 0.789. The summed E-state index contributed by atoms with van der Waals surface area (Å²) in [4.78, 5) is 67.4. The minimum Gasteiger partial charge on any atom is -0.258 e. The highest BCUT2D eigenvalue weighted by molar-refractivity contribution is 8.78. The fraction of sp³-hybridized carbons (Fsp3) is 0.308. The van der Waals surface area contributed by atoms with Crippen LogP contribution in [0.2, 0.25) is 0 Å². The topological polar surface area (TPSA) is 254 Å². The number of rotatable bonds is 29. The summed E-state index contributed by atoms with van der Waals surface area (Å²) in [5.74, 6) is 2.12. The summed E-state index contributed by atoms with van der Waals surface area (Å²) < 4.78 is 0. The maximum atomic E-state index is 10.5. The molecule has 0 radical (unpaired) electrons. The van der Waals surface area contributed by atoms with E-state index in [9.17, 15) is 50.6 Å². The number of nitrogens with zero attached hydrogens (tertiary/aromatic N) is 8. The van der Waals surface area contributed by atoms with Crippen LogP contribution in [0.5, 0.6) is 0 Å². The molecule has 0 amide bonds. The lowest BCUT2D eigenvalue weighted by Crippen LogP contribution is -1.89. The van der Waals surface area contributed by atoms with Gasteiger partial charge in [-0.1, -0.05) is 264 Å². The number of hydrogen-bond donors (Lipinski definition) is 0. The van der Waals surface area contributed by atoms with Gasteiger partial charge in [0.2, 0.25) is 0 Å². The lowest BCUT2D eigenvalue weighted by molar-refractivity contribution is -0.387. The Morgan fingerprint density at radius 1 is 0.343 bits per heavy atom. The van der Waals surface area contributed by atoms with Crippen LogP contribution in [-0.2, 0) is 0 Å². The van der Waals surface area contributed by atoms with Crippen LogP contribution in [0, 0.1) is 50.6 Å². The van der Waals surface area contributed by atoms with Crippen LogP contribution in [-0.4, -0.2) is 84.6 Å². The molecule has 2 unspecified atom stereocenters. The third kappa shape index (κ3) is 47.9. The molecule has 0 aliphatic rings. The Morgan fingerprint density at radius 2 is 0.667 bits per heavy atom. The molecule has 99 heavy (non-hydrogen) atoms. The van der Waals surface area contributed by atoms with Crippen molar-refractivity contribution < 1.29 is 24.6 Å². The SMILES string of the molecule is CC(C)SSc1cccc([N+](=O)[O-])c1.CC(C)SSc1ccccn1.CCC(C)SSc1cccc([N+](=O)[O-])c1.CCC(C)SSc1ccccn1.CCSSc1cccc([N+](=O)[O-])c1.CCSSc1ccccn1.CSSc1cccc([N+](=O)[O-])c1.CSSc1ccccc1[N+](=O)[O-]. The fourth-order valence-electron chi connectivity index (χ4n) is 5.60. The monoisotopic (exact) mass is 1640 g/mol. The smallest absolute Gasteiger partial charge is 0.258 e. The second-order valence-corrected chi connectivity index (χ2v) is 40.2. The van der Waals surface area contributed by atoms with E-state index in [1.165, 1.54) is 69.1 Å². The van der Waals surface area contributed by atoms with Gasteiger partial charge >= 0.3 is 0 Å². The van der Waals surface area contributed by atoms with E-state index in [0.29, 0.717) is 25.9 Å². The number of nitro groups is 5. The van der Waals surface area contributed by atoms with Gasteiger partial charge < -0.3 is 0 Å². The molecule has 0 aliphatic heterocycles. The number of benzene rings is 5.